The summed E-state index contributed by atoms with van der Waals surface area (Å²) in [6, 6.07) is 14.0. The Bertz CT molecular complexity index is 799. The van der Waals surface area contributed by atoms with Crippen LogP contribution in [-0.2, 0) is 0 Å². The Balaban J connectivity index is 2.14. The van der Waals surface area contributed by atoms with Gasteiger partial charge in [0.2, 0.25) is 0 Å². The molecule has 0 aliphatic rings. The van der Waals surface area contributed by atoms with Gasteiger partial charge in [0.15, 0.2) is 17.3 Å². The van der Waals surface area contributed by atoms with Gasteiger partial charge in [-0.15, -0.1) is 0 Å². The molecule has 0 aliphatic heterocycles. The van der Waals surface area contributed by atoms with Crippen molar-refractivity contribution in [2.24, 2.45) is 0 Å². The van der Waals surface area contributed by atoms with E-state index in [1.807, 2.05) is 12.1 Å². The standard InChI is InChI=1S/C20H17NO3/c1-3-12-24-19-11-7-15(13-20(19)23-2)6-10-18(22)17-8-4-16(14-21)5-9-17/h3-11,13H,1,12H2,2H3/b10-6+. The highest BCUT2D eigenvalue weighted by Gasteiger charge is 2.05. The summed E-state index contributed by atoms with van der Waals surface area (Å²) in [5.41, 5.74) is 1.87. The summed E-state index contributed by atoms with van der Waals surface area (Å²) in [5.74, 6) is 1.07. The number of benzene rings is 2. The van der Waals surface area contributed by atoms with Crippen LogP contribution in [0.2, 0.25) is 0 Å². The van der Waals surface area contributed by atoms with E-state index in [1.54, 1.807) is 55.7 Å². The van der Waals surface area contributed by atoms with Crippen molar-refractivity contribution < 1.29 is 14.3 Å². The van der Waals surface area contributed by atoms with Crippen molar-refractivity contribution in [3.63, 3.8) is 0 Å². The van der Waals surface area contributed by atoms with Crippen LogP contribution in [0.5, 0.6) is 11.5 Å². The third-order valence-corrected chi connectivity index (χ3v) is 3.27. The summed E-state index contributed by atoms with van der Waals surface area (Å²) >= 11 is 0. The number of allylic oxidation sites excluding steroid dienone is 1. The number of methoxy groups -OCH3 is 1. The predicted octanol–water partition coefficient (Wildman–Crippen LogP) is 4.03. The summed E-state index contributed by atoms with van der Waals surface area (Å²) < 4.78 is 10.8. The lowest BCUT2D eigenvalue weighted by Gasteiger charge is -2.09. The molecule has 2 aromatic carbocycles. The molecule has 0 aliphatic carbocycles. The first-order chi connectivity index (χ1) is 11.7. The highest BCUT2D eigenvalue weighted by atomic mass is 16.5. The number of nitriles is 1. The van der Waals surface area contributed by atoms with Crippen LogP contribution >= 0.6 is 0 Å². The summed E-state index contributed by atoms with van der Waals surface area (Å²) in [7, 11) is 1.56. The number of rotatable bonds is 7. The van der Waals surface area contributed by atoms with Crippen molar-refractivity contribution in [3.8, 4) is 17.6 Å². The summed E-state index contributed by atoms with van der Waals surface area (Å²) in [5, 5.41) is 8.77. The third kappa shape index (κ3) is 4.34. The van der Waals surface area contributed by atoms with Crippen LogP contribution in [-0.4, -0.2) is 19.5 Å². The van der Waals surface area contributed by atoms with E-state index in [0.717, 1.165) is 5.56 Å². The van der Waals surface area contributed by atoms with E-state index in [2.05, 4.69) is 6.58 Å². The zero-order chi connectivity index (χ0) is 17.4. The van der Waals surface area contributed by atoms with Gasteiger partial charge in [-0.1, -0.05) is 24.8 Å². The first-order valence-corrected chi connectivity index (χ1v) is 7.32. The molecular weight excluding hydrogens is 302 g/mol. The number of carbonyl (C=O) groups excluding carboxylic acids is 1. The average molecular weight is 319 g/mol. The van der Waals surface area contributed by atoms with Crippen LogP contribution in [0.3, 0.4) is 0 Å². The first kappa shape index (κ1) is 17.0. The lowest BCUT2D eigenvalue weighted by atomic mass is 10.1. The fraction of sp³-hybridized carbons (Fsp3) is 0.100. The molecule has 0 bridgehead atoms. The quantitative estimate of drug-likeness (QED) is 0.439. The molecule has 2 rings (SSSR count). The van der Waals surface area contributed by atoms with Gasteiger partial charge in [-0.2, -0.15) is 5.26 Å². The largest absolute Gasteiger partial charge is 0.493 e. The maximum atomic E-state index is 12.1. The molecule has 4 nitrogen and oxygen atoms in total. The average Bonchev–Trinajstić information content (AvgIpc) is 2.64. The number of nitrogens with zero attached hydrogens (tertiary/aromatic N) is 1. The monoisotopic (exact) mass is 319 g/mol. The number of carbonyl (C=O) groups is 1. The maximum Gasteiger partial charge on any atom is 0.185 e. The van der Waals surface area contributed by atoms with Gasteiger partial charge in [0, 0.05) is 5.56 Å². The van der Waals surface area contributed by atoms with Crippen molar-refractivity contribution in [1.82, 2.24) is 0 Å². The highest BCUT2D eigenvalue weighted by Crippen LogP contribution is 2.28. The van der Waals surface area contributed by atoms with Gasteiger partial charge in [0.25, 0.3) is 0 Å². The number of ketones is 1. The minimum absolute atomic E-state index is 0.134. The Hall–Kier alpha value is -3.32. The second-order valence-electron chi connectivity index (χ2n) is 4.90. The second kappa shape index (κ2) is 8.35. The molecule has 0 amide bonds. The summed E-state index contributed by atoms with van der Waals surface area (Å²) in [6.45, 7) is 4.00. The highest BCUT2D eigenvalue weighted by molar-refractivity contribution is 6.06. The van der Waals surface area contributed by atoms with Gasteiger partial charge in [0.05, 0.1) is 18.7 Å². The molecule has 0 spiro atoms. The Morgan fingerprint density at radius 3 is 2.58 bits per heavy atom. The zero-order valence-corrected chi connectivity index (χ0v) is 13.4. The zero-order valence-electron chi connectivity index (χ0n) is 13.4. The number of hydrogen-bond acceptors (Lipinski definition) is 4. The molecule has 2 aromatic rings. The van der Waals surface area contributed by atoms with E-state index < -0.39 is 0 Å². The number of ether oxygens (including phenoxy) is 2. The van der Waals surface area contributed by atoms with Gasteiger partial charge in [-0.3, -0.25) is 4.79 Å². The molecular formula is C20H17NO3. The van der Waals surface area contributed by atoms with E-state index in [4.69, 9.17) is 14.7 Å². The third-order valence-electron chi connectivity index (χ3n) is 3.27. The molecule has 0 unspecified atom stereocenters. The van der Waals surface area contributed by atoms with E-state index in [-0.39, 0.29) is 5.78 Å². The Morgan fingerprint density at radius 1 is 1.21 bits per heavy atom. The minimum Gasteiger partial charge on any atom is -0.493 e. The Labute approximate surface area is 141 Å². The van der Waals surface area contributed by atoms with Crippen LogP contribution in [0.25, 0.3) is 6.08 Å². The fourth-order valence-electron chi connectivity index (χ4n) is 2.03. The molecule has 0 atom stereocenters. The van der Waals surface area contributed by atoms with Crippen LogP contribution in [0, 0.1) is 11.3 Å². The van der Waals surface area contributed by atoms with E-state index in [0.29, 0.717) is 29.2 Å². The van der Waals surface area contributed by atoms with Gasteiger partial charge < -0.3 is 9.47 Å². The fourth-order valence-corrected chi connectivity index (χ4v) is 2.03. The van der Waals surface area contributed by atoms with Gasteiger partial charge in [-0.05, 0) is 48.0 Å². The van der Waals surface area contributed by atoms with Crippen molar-refractivity contribution in [3.05, 3.63) is 77.9 Å². The van der Waals surface area contributed by atoms with Gasteiger partial charge in [-0.25, -0.2) is 0 Å². The van der Waals surface area contributed by atoms with E-state index in [9.17, 15) is 4.79 Å². The van der Waals surface area contributed by atoms with E-state index >= 15 is 0 Å². The smallest absolute Gasteiger partial charge is 0.185 e. The van der Waals surface area contributed by atoms with Crippen LogP contribution in [0.4, 0.5) is 0 Å². The Kier molecular flexibility index (Phi) is 5.93. The van der Waals surface area contributed by atoms with Crippen molar-refractivity contribution in [1.29, 1.82) is 5.26 Å². The molecule has 0 saturated heterocycles. The van der Waals surface area contributed by atoms with Crippen LogP contribution in [0.1, 0.15) is 21.5 Å². The molecule has 0 heterocycles. The Morgan fingerprint density at radius 2 is 1.96 bits per heavy atom. The van der Waals surface area contributed by atoms with Crippen LogP contribution in [0.15, 0.2) is 61.2 Å². The van der Waals surface area contributed by atoms with Crippen molar-refractivity contribution >= 4 is 11.9 Å². The lowest BCUT2D eigenvalue weighted by molar-refractivity contribution is 0.104. The molecule has 24 heavy (non-hydrogen) atoms. The molecule has 0 N–H and O–H groups in total. The van der Waals surface area contributed by atoms with Crippen molar-refractivity contribution in [2.75, 3.05) is 13.7 Å². The van der Waals surface area contributed by atoms with Gasteiger partial charge >= 0.3 is 0 Å². The molecule has 0 fully saturated rings. The predicted molar refractivity (Wildman–Crippen MR) is 93.2 cm³/mol. The second-order valence-corrected chi connectivity index (χ2v) is 4.90. The first-order valence-electron chi connectivity index (χ1n) is 7.32. The van der Waals surface area contributed by atoms with Crippen LogP contribution < -0.4 is 9.47 Å². The topological polar surface area (TPSA) is 59.3 Å². The SMILES string of the molecule is C=CCOc1ccc(/C=C/C(=O)c2ccc(C#N)cc2)cc1OC. The van der Waals surface area contributed by atoms with Gasteiger partial charge in [0.1, 0.15) is 6.61 Å². The normalized spacial score (nSPS) is 10.2. The van der Waals surface area contributed by atoms with Crippen molar-refractivity contribution in [2.45, 2.75) is 0 Å². The lowest BCUT2D eigenvalue weighted by Crippen LogP contribution is -1.96. The number of hydrogen-bond donors (Lipinski definition) is 0. The molecule has 0 saturated carbocycles. The maximum absolute atomic E-state index is 12.1. The molecule has 120 valence electrons. The van der Waals surface area contributed by atoms with E-state index in [1.165, 1.54) is 6.08 Å². The summed E-state index contributed by atoms with van der Waals surface area (Å²) in [4.78, 5) is 12.1. The molecule has 0 radical (unpaired) electrons. The molecule has 4 heteroatoms. The summed E-state index contributed by atoms with van der Waals surface area (Å²) in [6.07, 6.45) is 4.85. The minimum atomic E-state index is -0.134. The molecule has 0 aromatic heterocycles.